The van der Waals surface area contributed by atoms with Crippen molar-refractivity contribution in [3.8, 4) is 0 Å². The van der Waals surface area contributed by atoms with Crippen molar-refractivity contribution in [2.24, 2.45) is 0 Å². The molecule has 0 bridgehead atoms. The Labute approximate surface area is 88.7 Å². The quantitative estimate of drug-likeness (QED) is 0.770. The zero-order valence-electron chi connectivity index (χ0n) is 8.83. The van der Waals surface area contributed by atoms with Crippen molar-refractivity contribution >= 4 is 0 Å². The van der Waals surface area contributed by atoms with Crippen molar-refractivity contribution < 1.29 is 0 Å². The Morgan fingerprint density at radius 1 is 1.40 bits per heavy atom. The van der Waals surface area contributed by atoms with Gasteiger partial charge in [0.2, 0.25) is 0 Å². The SMILES string of the molecule is O=c1cc(C2CC2)[nH]n1C[C@@H]1CCCN1. The molecule has 2 fully saturated rings. The standard InChI is InChI=1S/C11H17N3O/c15-11-6-10(8-3-4-8)13-14(11)7-9-2-1-5-12-9/h6,8-9,12-13H,1-5,7H2/t9-/m0/s1. The fourth-order valence-electron chi connectivity index (χ4n) is 2.33. The minimum Gasteiger partial charge on any atom is -0.312 e. The van der Waals surface area contributed by atoms with Gasteiger partial charge in [0.05, 0.1) is 6.54 Å². The molecule has 0 radical (unpaired) electrons. The lowest BCUT2D eigenvalue weighted by molar-refractivity contribution is 0.465. The third-order valence-corrected chi connectivity index (χ3v) is 3.39. The molecule has 1 saturated heterocycles. The Bertz CT molecular complexity index is 396. The minimum absolute atomic E-state index is 0.130. The Morgan fingerprint density at radius 2 is 2.27 bits per heavy atom. The first-order valence-corrected chi connectivity index (χ1v) is 5.86. The van der Waals surface area contributed by atoms with Crippen LogP contribution in [-0.2, 0) is 6.54 Å². The number of aromatic amines is 1. The molecule has 2 aliphatic rings. The number of hydrogen-bond donors (Lipinski definition) is 2. The van der Waals surface area contributed by atoms with Crippen molar-refractivity contribution in [2.75, 3.05) is 6.54 Å². The molecule has 1 saturated carbocycles. The average Bonchev–Trinajstić information content (AvgIpc) is 2.84. The monoisotopic (exact) mass is 207 g/mol. The molecule has 0 amide bonds. The van der Waals surface area contributed by atoms with E-state index in [1.165, 1.54) is 25.7 Å². The van der Waals surface area contributed by atoms with Gasteiger partial charge in [0, 0.05) is 23.7 Å². The zero-order chi connectivity index (χ0) is 10.3. The van der Waals surface area contributed by atoms with E-state index in [-0.39, 0.29) is 5.56 Å². The van der Waals surface area contributed by atoms with Gasteiger partial charge in [0.15, 0.2) is 0 Å². The van der Waals surface area contributed by atoms with Crippen molar-refractivity contribution in [1.29, 1.82) is 0 Å². The highest BCUT2D eigenvalue weighted by Crippen LogP contribution is 2.38. The van der Waals surface area contributed by atoms with E-state index in [4.69, 9.17) is 0 Å². The summed E-state index contributed by atoms with van der Waals surface area (Å²) in [7, 11) is 0. The molecule has 0 unspecified atom stereocenters. The van der Waals surface area contributed by atoms with E-state index in [0.29, 0.717) is 12.0 Å². The smallest absolute Gasteiger partial charge is 0.266 e. The van der Waals surface area contributed by atoms with Crippen molar-refractivity contribution in [3.05, 3.63) is 22.1 Å². The summed E-state index contributed by atoms with van der Waals surface area (Å²) in [6.07, 6.45) is 4.89. The van der Waals surface area contributed by atoms with Gasteiger partial charge < -0.3 is 5.32 Å². The highest BCUT2D eigenvalue weighted by atomic mass is 16.1. The van der Waals surface area contributed by atoms with E-state index in [2.05, 4.69) is 10.4 Å². The maximum Gasteiger partial charge on any atom is 0.266 e. The molecular formula is C11H17N3O. The van der Waals surface area contributed by atoms with Gasteiger partial charge in [-0.2, -0.15) is 0 Å². The van der Waals surface area contributed by atoms with Gasteiger partial charge in [0.1, 0.15) is 0 Å². The summed E-state index contributed by atoms with van der Waals surface area (Å²) in [5.41, 5.74) is 1.27. The molecule has 1 aromatic rings. The number of nitrogens with one attached hydrogen (secondary N) is 2. The van der Waals surface area contributed by atoms with Crippen molar-refractivity contribution in [3.63, 3.8) is 0 Å². The summed E-state index contributed by atoms with van der Waals surface area (Å²) in [6, 6.07) is 2.25. The van der Waals surface area contributed by atoms with Crippen LogP contribution in [0.15, 0.2) is 10.9 Å². The highest BCUT2D eigenvalue weighted by Gasteiger charge is 2.26. The molecule has 3 rings (SSSR count). The van der Waals surface area contributed by atoms with Crippen LogP contribution >= 0.6 is 0 Å². The van der Waals surface area contributed by atoms with Crippen LogP contribution in [-0.4, -0.2) is 22.4 Å². The maximum absolute atomic E-state index is 11.7. The molecule has 15 heavy (non-hydrogen) atoms. The van der Waals surface area contributed by atoms with Crippen LogP contribution in [0.25, 0.3) is 0 Å². The van der Waals surface area contributed by atoms with Gasteiger partial charge in [0.25, 0.3) is 5.56 Å². The Balaban J connectivity index is 1.75. The van der Waals surface area contributed by atoms with Crippen molar-refractivity contribution in [1.82, 2.24) is 15.1 Å². The molecule has 1 aliphatic carbocycles. The maximum atomic E-state index is 11.7. The van der Waals surface area contributed by atoms with Gasteiger partial charge in [-0.15, -0.1) is 0 Å². The molecular weight excluding hydrogens is 190 g/mol. The van der Waals surface area contributed by atoms with Crippen LogP contribution in [0.2, 0.25) is 0 Å². The first kappa shape index (κ1) is 9.21. The second-order valence-electron chi connectivity index (χ2n) is 4.73. The molecule has 2 heterocycles. The van der Waals surface area contributed by atoms with E-state index in [1.807, 2.05) is 0 Å². The third kappa shape index (κ3) is 1.86. The fraction of sp³-hybridized carbons (Fsp3) is 0.727. The second-order valence-corrected chi connectivity index (χ2v) is 4.73. The largest absolute Gasteiger partial charge is 0.312 e. The zero-order valence-corrected chi connectivity index (χ0v) is 8.83. The minimum atomic E-state index is 0.130. The normalized spacial score (nSPS) is 26.0. The van der Waals surface area contributed by atoms with Gasteiger partial charge in [-0.1, -0.05) is 0 Å². The van der Waals surface area contributed by atoms with Crippen molar-refractivity contribution in [2.45, 2.75) is 44.2 Å². The Morgan fingerprint density at radius 3 is 2.93 bits per heavy atom. The molecule has 1 aliphatic heterocycles. The Kier molecular flexibility index (Phi) is 2.16. The van der Waals surface area contributed by atoms with Gasteiger partial charge in [-0.3, -0.25) is 14.6 Å². The number of hydrogen-bond acceptors (Lipinski definition) is 2. The van der Waals surface area contributed by atoms with E-state index >= 15 is 0 Å². The van der Waals surface area contributed by atoms with E-state index < -0.39 is 0 Å². The number of nitrogens with zero attached hydrogens (tertiary/aromatic N) is 1. The molecule has 4 heteroatoms. The predicted octanol–water partition coefficient (Wildman–Crippen LogP) is 0.806. The Hall–Kier alpha value is -1.03. The highest BCUT2D eigenvalue weighted by molar-refractivity contribution is 5.12. The third-order valence-electron chi connectivity index (χ3n) is 3.39. The topological polar surface area (TPSA) is 49.8 Å². The second kappa shape index (κ2) is 3.52. The van der Waals surface area contributed by atoms with Gasteiger partial charge in [-0.25, -0.2) is 0 Å². The number of H-pyrrole nitrogens is 1. The van der Waals surface area contributed by atoms with Crippen LogP contribution < -0.4 is 10.9 Å². The lowest BCUT2D eigenvalue weighted by atomic mass is 10.2. The molecule has 2 N–H and O–H groups in total. The van der Waals surface area contributed by atoms with Crippen LogP contribution in [0.4, 0.5) is 0 Å². The van der Waals surface area contributed by atoms with Crippen LogP contribution in [0.3, 0.4) is 0 Å². The molecule has 0 spiro atoms. The van der Waals surface area contributed by atoms with Crippen LogP contribution in [0, 0.1) is 0 Å². The molecule has 4 nitrogen and oxygen atoms in total. The molecule has 0 aromatic carbocycles. The first-order valence-electron chi connectivity index (χ1n) is 5.86. The van der Waals surface area contributed by atoms with Gasteiger partial charge >= 0.3 is 0 Å². The summed E-state index contributed by atoms with van der Waals surface area (Å²) >= 11 is 0. The fourth-order valence-corrected chi connectivity index (χ4v) is 2.33. The molecule has 1 atom stereocenters. The number of aromatic nitrogens is 2. The predicted molar refractivity (Wildman–Crippen MR) is 58.1 cm³/mol. The van der Waals surface area contributed by atoms with E-state index in [1.54, 1.807) is 10.7 Å². The summed E-state index contributed by atoms with van der Waals surface area (Å²) in [4.78, 5) is 11.7. The average molecular weight is 207 g/mol. The van der Waals surface area contributed by atoms with Gasteiger partial charge in [-0.05, 0) is 32.2 Å². The van der Waals surface area contributed by atoms with Crippen LogP contribution in [0.1, 0.15) is 37.3 Å². The summed E-state index contributed by atoms with van der Waals surface area (Å²) in [5, 5.41) is 6.64. The lowest BCUT2D eigenvalue weighted by Crippen LogP contribution is -2.31. The molecule has 1 aromatic heterocycles. The summed E-state index contributed by atoms with van der Waals surface area (Å²) in [5.74, 6) is 0.635. The lowest BCUT2D eigenvalue weighted by Gasteiger charge is -2.09. The van der Waals surface area contributed by atoms with E-state index in [0.717, 1.165) is 18.8 Å². The summed E-state index contributed by atoms with van der Waals surface area (Å²) < 4.78 is 1.76. The first-order chi connectivity index (χ1) is 7.33. The van der Waals surface area contributed by atoms with Crippen LogP contribution in [0.5, 0.6) is 0 Å². The molecule has 82 valence electrons. The van der Waals surface area contributed by atoms with E-state index in [9.17, 15) is 4.79 Å². The summed E-state index contributed by atoms with van der Waals surface area (Å²) in [6.45, 7) is 1.89. The number of rotatable bonds is 3.